The van der Waals surface area contributed by atoms with Gasteiger partial charge in [0.05, 0.1) is 0 Å². The zero-order valence-corrected chi connectivity index (χ0v) is 6.15. The summed E-state index contributed by atoms with van der Waals surface area (Å²) in [6.45, 7) is 0. The van der Waals surface area contributed by atoms with Crippen LogP contribution in [0.1, 0.15) is 0 Å². The Labute approximate surface area is 47.7 Å². The zero-order valence-electron chi connectivity index (χ0n) is 3.15. The lowest BCUT2D eigenvalue weighted by Crippen LogP contribution is -1.92. The molecule has 0 fully saturated rings. The normalized spacial score (nSPS) is 6.17. The van der Waals surface area contributed by atoms with E-state index < -0.39 is 5.97 Å². The summed E-state index contributed by atoms with van der Waals surface area (Å²) < 4.78 is 0. The number of carbonyl (C=O) groups is 1. The van der Waals surface area contributed by atoms with Crippen LogP contribution in [0.2, 0.25) is 0 Å². The molecular weight excluding hydrogens is 167 g/mol. The van der Waals surface area contributed by atoms with Gasteiger partial charge in [0.25, 0.3) is 0 Å². The summed E-state index contributed by atoms with van der Waals surface area (Å²) in [6.07, 6.45) is 0. The Kier molecular flexibility index (Phi) is 8.63. The van der Waals surface area contributed by atoms with Gasteiger partial charge >= 0.3 is 5.97 Å². The van der Waals surface area contributed by atoms with E-state index in [2.05, 4.69) is 15.9 Å². The van der Waals surface area contributed by atoms with Gasteiger partial charge in [0.2, 0.25) is 0 Å². The number of alkyl halides is 1. The van der Waals surface area contributed by atoms with Crippen LogP contribution >= 0.6 is 25.8 Å². The van der Waals surface area contributed by atoms with Gasteiger partial charge in [-0.15, -0.1) is 0 Å². The van der Waals surface area contributed by atoms with Gasteiger partial charge in [-0.05, 0) is 0 Å². The molecule has 4 heteroatoms. The van der Waals surface area contributed by atoms with Crippen molar-refractivity contribution in [2.45, 2.75) is 0 Å². The third-order valence-electron chi connectivity index (χ3n) is 0.114. The second-order valence-electron chi connectivity index (χ2n) is 0.527. The molecule has 0 saturated carbocycles. The molecule has 0 rings (SSSR count). The number of carboxylic acid groups (broad SMARTS) is 1. The topological polar surface area (TPSA) is 37.3 Å². The predicted molar refractivity (Wildman–Crippen MR) is 32.5 cm³/mol. The van der Waals surface area contributed by atoms with E-state index in [0.717, 1.165) is 0 Å². The molecule has 0 saturated heterocycles. The van der Waals surface area contributed by atoms with Crippen LogP contribution in [0.3, 0.4) is 0 Å². The molecule has 38 valence electrons. The van der Waals surface area contributed by atoms with Crippen LogP contribution < -0.4 is 0 Å². The first-order valence-electron chi connectivity index (χ1n) is 1.05. The van der Waals surface area contributed by atoms with Crippen molar-refractivity contribution < 1.29 is 9.90 Å². The van der Waals surface area contributed by atoms with Crippen molar-refractivity contribution in [3.05, 3.63) is 0 Å². The predicted octanol–water partition coefficient (Wildman–Crippen LogP) is 0.524. The van der Waals surface area contributed by atoms with E-state index in [0.29, 0.717) is 0 Å². The molecule has 1 atom stereocenters. The highest BCUT2D eigenvalue weighted by Gasteiger charge is 1.83. The summed E-state index contributed by atoms with van der Waals surface area (Å²) in [5, 5.41) is 7.71. The van der Waals surface area contributed by atoms with Crippen LogP contribution in [0.25, 0.3) is 0 Å². The molecule has 0 aromatic rings. The van der Waals surface area contributed by atoms with Gasteiger partial charge in [-0.3, -0.25) is 4.79 Å². The maximum absolute atomic E-state index is 9.32. The van der Waals surface area contributed by atoms with Crippen molar-refractivity contribution in [3.8, 4) is 0 Å². The van der Waals surface area contributed by atoms with Crippen LogP contribution in [0.5, 0.6) is 0 Å². The number of rotatable bonds is 1. The quantitative estimate of drug-likeness (QED) is 0.463. The van der Waals surface area contributed by atoms with Gasteiger partial charge < -0.3 is 5.11 Å². The number of hydrogen-bond acceptors (Lipinski definition) is 1. The molecule has 0 bridgehead atoms. The summed E-state index contributed by atoms with van der Waals surface area (Å²) in [6, 6.07) is 0. The Hall–Kier alpha value is 0.380. The maximum Gasteiger partial charge on any atom is 0.314 e. The fourth-order valence-electron chi connectivity index (χ4n) is 0. The molecule has 0 aromatic heterocycles. The van der Waals surface area contributed by atoms with Crippen LogP contribution in [0.15, 0.2) is 0 Å². The molecule has 0 aromatic carbocycles. The summed E-state index contributed by atoms with van der Waals surface area (Å²) in [7, 11) is 0. The summed E-state index contributed by atoms with van der Waals surface area (Å²) in [5.41, 5.74) is 0. The first kappa shape index (κ1) is 9.63. The average Bonchev–Trinajstić information content (AvgIpc) is 1.38. The van der Waals surface area contributed by atoms with Gasteiger partial charge in [0.1, 0.15) is 5.33 Å². The zero-order chi connectivity index (χ0) is 4.28. The lowest BCUT2D eigenvalue weighted by atomic mass is 10.8. The molecule has 0 aliphatic heterocycles. The molecule has 0 heterocycles. The fraction of sp³-hybridized carbons (Fsp3) is 0.500. The second kappa shape index (κ2) is 5.38. The van der Waals surface area contributed by atoms with Gasteiger partial charge in [-0.2, -0.15) is 9.90 Å². The minimum Gasteiger partial charge on any atom is -0.481 e. The molecular formula is C2H6BrO2P. The minimum atomic E-state index is -0.829. The molecule has 2 nitrogen and oxygen atoms in total. The van der Waals surface area contributed by atoms with Crippen molar-refractivity contribution in [1.29, 1.82) is 0 Å². The number of hydrogen-bond donors (Lipinski definition) is 1. The first-order valence-corrected chi connectivity index (χ1v) is 2.17. The Bertz CT molecular complexity index is 46.8. The van der Waals surface area contributed by atoms with Gasteiger partial charge in [0.15, 0.2) is 0 Å². The molecule has 0 amide bonds. The highest BCUT2D eigenvalue weighted by atomic mass is 79.9. The second-order valence-corrected chi connectivity index (χ2v) is 1.09. The van der Waals surface area contributed by atoms with E-state index in [-0.39, 0.29) is 15.2 Å². The Balaban J connectivity index is 0. The van der Waals surface area contributed by atoms with E-state index in [1.165, 1.54) is 0 Å². The van der Waals surface area contributed by atoms with E-state index in [4.69, 9.17) is 5.11 Å². The molecule has 0 spiro atoms. The molecule has 1 unspecified atom stereocenters. The van der Waals surface area contributed by atoms with E-state index in [1.807, 2.05) is 0 Å². The van der Waals surface area contributed by atoms with Crippen molar-refractivity contribution in [1.82, 2.24) is 0 Å². The number of halogens is 1. The van der Waals surface area contributed by atoms with Crippen molar-refractivity contribution >= 4 is 31.8 Å². The minimum absolute atomic E-state index is 0. The van der Waals surface area contributed by atoms with Crippen LogP contribution in [-0.2, 0) is 4.79 Å². The average molecular weight is 173 g/mol. The maximum atomic E-state index is 9.32. The smallest absolute Gasteiger partial charge is 0.314 e. The van der Waals surface area contributed by atoms with Gasteiger partial charge in [-0.1, -0.05) is 15.9 Å². The molecule has 0 radical (unpaired) electrons. The Morgan fingerprint density at radius 2 is 2.00 bits per heavy atom. The van der Waals surface area contributed by atoms with Crippen molar-refractivity contribution in [2.75, 3.05) is 5.33 Å². The number of carboxylic acids is 1. The fourth-order valence-corrected chi connectivity index (χ4v) is 0. The summed E-state index contributed by atoms with van der Waals surface area (Å²) in [4.78, 5) is 9.32. The molecule has 6 heavy (non-hydrogen) atoms. The third-order valence-corrected chi connectivity index (χ3v) is 0.594. The monoisotopic (exact) mass is 172 g/mol. The molecule has 0 aliphatic rings. The Morgan fingerprint density at radius 3 is 2.00 bits per heavy atom. The van der Waals surface area contributed by atoms with Crippen LogP contribution in [0, 0.1) is 0 Å². The van der Waals surface area contributed by atoms with Crippen LogP contribution in [0.4, 0.5) is 0 Å². The van der Waals surface area contributed by atoms with E-state index in [1.54, 1.807) is 0 Å². The van der Waals surface area contributed by atoms with E-state index >= 15 is 0 Å². The lowest BCUT2D eigenvalue weighted by molar-refractivity contribution is -0.133. The summed E-state index contributed by atoms with van der Waals surface area (Å²) >= 11 is 2.71. The number of aliphatic carboxylic acids is 1. The third kappa shape index (κ3) is 8.83. The van der Waals surface area contributed by atoms with Gasteiger partial charge in [0, 0.05) is 0 Å². The standard InChI is InChI=1S/C2H3BrO2.H3P/c3-1-2(4)5;/h1H2,(H,4,5);1H3. The largest absolute Gasteiger partial charge is 0.481 e. The SMILES string of the molecule is O=C(O)CBr.P. The molecule has 1 N–H and O–H groups in total. The lowest BCUT2D eigenvalue weighted by Gasteiger charge is -1.70. The first-order chi connectivity index (χ1) is 2.27. The Morgan fingerprint density at radius 1 is 1.83 bits per heavy atom. The van der Waals surface area contributed by atoms with Crippen LogP contribution in [-0.4, -0.2) is 16.4 Å². The van der Waals surface area contributed by atoms with Crippen molar-refractivity contribution in [2.24, 2.45) is 0 Å². The van der Waals surface area contributed by atoms with E-state index in [9.17, 15) is 4.79 Å². The van der Waals surface area contributed by atoms with Gasteiger partial charge in [-0.25, -0.2) is 0 Å². The van der Waals surface area contributed by atoms with Crippen molar-refractivity contribution in [3.63, 3.8) is 0 Å². The highest BCUT2D eigenvalue weighted by molar-refractivity contribution is 9.09. The molecule has 0 aliphatic carbocycles. The highest BCUT2D eigenvalue weighted by Crippen LogP contribution is 1.73. The summed E-state index contributed by atoms with van der Waals surface area (Å²) in [5.74, 6) is -0.829.